The highest BCUT2D eigenvalue weighted by Crippen LogP contribution is 2.22. The van der Waals surface area contributed by atoms with Crippen molar-refractivity contribution in [2.24, 2.45) is 0 Å². The number of rotatable bonds is 7. The van der Waals surface area contributed by atoms with Crippen molar-refractivity contribution >= 4 is 28.5 Å². The van der Waals surface area contributed by atoms with Gasteiger partial charge in [-0.15, -0.1) is 0 Å². The van der Waals surface area contributed by atoms with E-state index in [-0.39, 0.29) is 12.5 Å². The van der Waals surface area contributed by atoms with Gasteiger partial charge in [-0.3, -0.25) is 19.3 Å². The average Bonchev–Trinajstić information content (AvgIpc) is 3.18. The van der Waals surface area contributed by atoms with Gasteiger partial charge in [0.2, 0.25) is 5.91 Å². The molecule has 2 aliphatic rings. The molecule has 31 heavy (non-hydrogen) atoms. The van der Waals surface area contributed by atoms with Crippen molar-refractivity contribution in [3.8, 4) is 0 Å². The Morgan fingerprint density at radius 1 is 0.968 bits per heavy atom. The van der Waals surface area contributed by atoms with E-state index in [0.29, 0.717) is 37.3 Å². The Bertz CT molecular complexity index is 942. The molecule has 2 aromatic rings. The Labute approximate surface area is 182 Å². The Kier molecular flexibility index (Phi) is 6.99. The molecule has 0 spiro atoms. The Hall–Kier alpha value is -2.71. The first-order valence-electron chi connectivity index (χ1n) is 11.1. The molecule has 0 aliphatic carbocycles. The predicted molar refractivity (Wildman–Crippen MR) is 117 cm³/mol. The second kappa shape index (κ2) is 10.1. The number of carbonyl (C=O) groups excluding carboxylic acids is 3. The number of aromatic nitrogens is 1. The fraction of sp³-hybridized carbons (Fsp3) is 0.522. The molecular formula is C23H30N4O4. The van der Waals surface area contributed by atoms with E-state index in [9.17, 15) is 14.4 Å². The number of Topliss-reactive ketones (excluding diaryl/α,β-unsaturated/α-hetero) is 1. The van der Waals surface area contributed by atoms with Crippen LogP contribution in [0.15, 0.2) is 30.5 Å². The Balaban J connectivity index is 1.43. The van der Waals surface area contributed by atoms with Gasteiger partial charge in [0.05, 0.1) is 18.8 Å². The van der Waals surface area contributed by atoms with E-state index in [1.807, 2.05) is 29.2 Å². The number of nitrogens with zero attached hydrogens (tertiary/aromatic N) is 3. The Morgan fingerprint density at radius 3 is 2.48 bits per heavy atom. The summed E-state index contributed by atoms with van der Waals surface area (Å²) in [6.45, 7) is 5.91. The van der Waals surface area contributed by atoms with Crippen LogP contribution < -0.4 is 5.32 Å². The van der Waals surface area contributed by atoms with E-state index in [0.717, 1.165) is 51.0 Å². The monoisotopic (exact) mass is 426 g/mol. The first-order valence-corrected chi connectivity index (χ1v) is 11.1. The summed E-state index contributed by atoms with van der Waals surface area (Å²) in [5.41, 5.74) is 1.13. The summed E-state index contributed by atoms with van der Waals surface area (Å²) < 4.78 is 7.11. The fourth-order valence-corrected chi connectivity index (χ4v) is 4.30. The van der Waals surface area contributed by atoms with Gasteiger partial charge in [0.25, 0.3) is 11.7 Å². The van der Waals surface area contributed by atoms with Crippen LogP contribution in [0.1, 0.15) is 29.6 Å². The third kappa shape index (κ3) is 5.14. The zero-order valence-corrected chi connectivity index (χ0v) is 17.8. The van der Waals surface area contributed by atoms with Crippen LogP contribution in [0.4, 0.5) is 0 Å². The number of fused-ring (bicyclic) bond motifs is 1. The maximum absolute atomic E-state index is 12.9. The van der Waals surface area contributed by atoms with Crippen molar-refractivity contribution in [2.45, 2.75) is 25.8 Å². The molecule has 8 heteroatoms. The molecule has 0 saturated carbocycles. The van der Waals surface area contributed by atoms with Crippen LogP contribution in [0.5, 0.6) is 0 Å². The van der Waals surface area contributed by atoms with E-state index < -0.39 is 11.7 Å². The summed E-state index contributed by atoms with van der Waals surface area (Å²) in [5, 5.41) is 3.44. The van der Waals surface area contributed by atoms with Gasteiger partial charge < -0.3 is 19.5 Å². The molecular weight excluding hydrogens is 396 g/mol. The zero-order valence-electron chi connectivity index (χ0n) is 17.8. The van der Waals surface area contributed by atoms with Crippen molar-refractivity contribution in [3.63, 3.8) is 0 Å². The molecule has 3 heterocycles. The second-order valence-corrected chi connectivity index (χ2v) is 8.17. The molecule has 0 bridgehead atoms. The number of morpholine rings is 1. The molecule has 1 aromatic heterocycles. The number of hydrogen-bond donors (Lipinski definition) is 1. The summed E-state index contributed by atoms with van der Waals surface area (Å²) in [7, 11) is 0. The largest absolute Gasteiger partial charge is 0.379 e. The van der Waals surface area contributed by atoms with Crippen LogP contribution in [0, 0.1) is 0 Å². The third-order valence-corrected chi connectivity index (χ3v) is 6.07. The molecule has 2 amide bonds. The number of amides is 2. The van der Waals surface area contributed by atoms with Gasteiger partial charge in [0, 0.05) is 56.4 Å². The van der Waals surface area contributed by atoms with Gasteiger partial charge >= 0.3 is 0 Å². The summed E-state index contributed by atoms with van der Waals surface area (Å²) in [6.07, 6.45) is 4.88. The predicted octanol–water partition coefficient (Wildman–Crippen LogP) is 1.28. The maximum atomic E-state index is 12.9. The van der Waals surface area contributed by atoms with Crippen molar-refractivity contribution < 1.29 is 19.1 Å². The van der Waals surface area contributed by atoms with Crippen LogP contribution in [-0.2, 0) is 20.9 Å². The van der Waals surface area contributed by atoms with E-state index in [4.69, 9.17) is 4.74 Å². The number of ether oxygens (including phenoxy) is 1. The SMILES string of the molecule is O=C(NCCN1CCOCC1)C(=O)c1cn(CC(=O)N2CCCCC2)c2ccccc12. The molecule has 0 radical (unpaired) electrons. The molecule has 8 nitrogen and oxygen atoms in total. The first kappa shape index (κ1) is 21.5. The van der Waals surface area contributed by atoms with Crippen LogP contribution in [0.25, 0.3) is 10.9 Å². The maximum Gasteiger partial charge on any atom is 0.292 e. The summed E-state index contributed by atoms with van der Waals surface area (Å²) in [6, 6.07) is 7.42. The number of piperidine rings is 1. The lowest BCUT2D eigenvalue weighted by Gasteiger charge is -2.27. The summed E-state index contributed by atoms with van der Waals surface area (Å²) in [5.74, 6) is -1.13. The number of likely N-dealkylation sites (tertiary alicyclic amines) is 1. The van der Waals surface area contributed by atoms with E-state index in [2.05, 4.69) is 10.2 Å². The number of carbonyl (C=O) groups is 3. The minimum atomic E-state index is -0.612. The number of para-hydroxylation sites is 1. The highest BCUT2D eigenvalue weighted by Gasteiger charge is 2.23. The molecule has 0 unspecified atom stereocenters. The molecule has 166 valence electrons. The zero-order chi connectivity index (χ0) is 21.6. The van der Waals surface area contributed by atoms with Crippen molar-refractivity contribution in [2.75, 3.05) is 52.5 Å². The van der Waals surface area contributed by atoms with Gasteiger partial charge in [-0.05, 0) is 25.3 Å². The second-order valence-electron chi connectivity index (χ2n) is 8.17. The van der Waals surface area contributed by atoms with Crippen molar-refractivity contribution in [1.29, 1.82) is 0 Å². The van der Waals surface area contributed by atoms with Gasteiger partial charge in [0.1, 0.15) is 6.54 Å². The molecule has 2 fully saturated rings. The minimum absolute atomic E-state index is 0.0504. The smallest absolute Gasteiger partial charge is 0.292 e. The Morgan fingerprint density at radius 2 is 1.71 bits per heavy atom. The lowest BCUT2D eigenvalue weighted by Crippen LogP contribution is -2.42. The first-order chi connectivity index (χ1) is 15.1. The van der Waals surface area contributed by atoms with Crippen molar-refractivity contribution in [1.82, 2.24) is 19.7 Å². The topological polar surface area (TPSA) is 83.9 Å². The van der Waals surface area contributed by atoms with Crippen molar-refractivity contribution in [3.05, 3.63) is 36.0 Å². The lowest BCUT2D eigenvalue weighted by molar-refractivity contribution is -0.132. The highest BCUT2D eigenvalue weighted by atomic mass is 16.5. The summed E-state index contributed by atoms with van der Waals surface area (Å²) in [4.78, 5) is 42.2. The van der Waals surface area contributed by atoms with Gasteiger partial charge in [-0.25, -0.2) is 0 Å². The molecule has 2 saturated heterocycles. The third-order valence-electron chi connectivity index (χ3n) is 6.07. The quantitative estimate of drug-likeness (QED) is 0.533. The average molecular weight is 427 g/mol. The molecule has 2 aliphatic heterocycles. The van der Waals surface area contributed by atoms with Crippen LogP contribution in [0.3, 0.4) is 0 Å². The minimum Gasteiger partial charge on any atom is -0.379 e. The van der Waals surface area contributed by atoms with Gasteiger partial charge in [-0.2, -0.15) is 0 Å². The van der Waals surface area contributed by atoms with Crippen LogP contribution >= 0.6 is 0 Å². The summed E-state index contributed by atoms with van der Waals surface area (Å²) >= 11 is 0. The molecule has 0 atom stereocenters. The molecule has 1 aromatic carbocycles. The van der Waals surface area contributed by atoms with Gasteiger partial charge in [0.15, 0.2) is 0 Å². The van der Waals surface area contributed by atoms with Crippen LogP contribution in [0.2, 0.25) is 0 Å². The number of hydrogen-bond acceptors (Lipinski definition) is 5. The van der Waals surface area contributed by atoms with Crippen LogP contribution in [-0.4, -0.2) is 84.4 Å². The fourth-order valence-electron chi connectivity index (χ4n) is 4.30. The standard InChI is InChI=1S/C23H30N4O4/c28-21(26-9-4-1-5-10-26)17-27-16-19(18-6-2-3-7-20(18)27)22(29)23(30)24-8-11-25-12-14-31-15-13-25/h2-3,6-7,16H,1,4-5,8-15,17H2,(H,24,30). The van der Waals surface area contributed by atoms with E-state index in [1.54, 1.807) is 10.8 Å². The number of nitrogens with one attached hydrogen (secondary N) is 1. The highest BCUT2D eigenvalue weighted by molar-refractivity contribution is 6.45. The number of ketones is 1. The van der Waals surface area contributed by atoms with E-state index >= 15 is 0 Å². The molecule has 1 N–H and O–H groups in total. The molecule has 4 rings (SSSR count). The number of benzene rings is 1. The van der Waals surface area contributed by atoms with Gasteiger partial charge in [-0.1, -0.05) is 18.2 Å². The lowest BCUT2D eigenvalue weighted by atomic mass is 10.1. The normalized spacial score (nSPS) is 17.6. The van der Waals surface area contributed by atoms with E-state index in [1.165, 1.54) is 0 Å².